The first-order chi connectivity index (χ1) is 14.0. The Morgan fingerprint density at radius 3 is 2.72 bits per heavy atom. The standard InChI is InChI=1S/C22H20Cl2N2O3/c1-26(22(27)29-12-14-8-17(23)11-18(24)9-14)20-13-28-21-3-2-16(10-19(20)21)15-4-6-25-7-5-15/h2-4,8-11,13,25H,5-7,12H2,1H3. The van der Waals surface area contributed by atoms with Gasteiger partial charge in [-0.05, 0) is 60.0 Å². The quantitative estimate of drug-likeness (QED) is 0.560. The van der Waals surface area contributed by atoms with Gasteiger partial charge < -0.3 is 14.5 Å². The van der Waals surface area contributed by atoms with Gasteiger partial charge in [-0.2, -0.15) is 0 Å². The number of benzene rings is 2. The molecule has 1 amide bonds. The highest BCUT2D eigenvalue weighted by atomic mass is 35.5. The SMILES string of the molecule is CN(C(=O)OCc1cc(Cl)cc(Cl)c1)c1coc2ccc(C3=CCNCC3)cc12. The number of hydrogen-bond donors (Lipinski definition) is 1. The number of anilines is 1. The van der Waals surface area contributed by atoms with Crippen LogP contribution in [0.1, 0.15) is 17.5 Å². The average molecular weight is 431 g/mol. The molecule has 3 aromatic rings. The van der Waals surface area contributed by atoms with Crippen LogP contribution in [-0.4, -0.2) is 26.2 Å². The smallest absolute Gasteiger partial charge is 0.414 e. The van der Waals surface area contributed by atoms with Crippen molar-refractivity contribution in [2.45, 2.75) is 13.0 Å². The Balaban J connectivity index is 1.53. The van der Waals surface area contributed by atoms with Gasteiger partial charge in [0.25, 0.3) is 0 Å². The first kappa shape index (κ1) is 19.8. The highest BCUT2D eigenvalue weighted by molar-refractivity contribution is 6.34. The molecule has 1 N–H and O–H groups in total. The maximum absolute atomic E-state index is 12.6. The topological polar surface area (TPSA) is 54.7 Å². The van der Waals surface area contributed by atoms with Crippen LogP contribution in [0, 0.1) is 0 Å². The second kappa shape index (κ2) is 8.49. The monoisotopic (exact) mass is 430 g/mol. The van der Waals surface area contributed by atoms with Crippen LogP contribution in [-0.2, 0) is 11.3 Å². The molecule has 1 aliphatic rings. The molecule has 0 aliphatic carbocycles. The number of amides is 1. The summed E-state index contributed by atoms with van der Waals surface area (Å²) in [6.45, 7) is 1.90. The van der Waals surface area contributed by atoms with Crippen LogP contribution in [0.4, 0.5) is 10.5 Å². The molecule has 4 rings (SSSR count). The number of ether oxygens (including phenoxy) is 1. The molecular formula is C22H20Cl2N2O3. The second-order valence-corrected chi connectivity index (χ2v) is 7.78. The Bertz CT molecular complexity index is 1070. The van der Waals surface area contributed by atoms with Gasteiger partial charge in [-0.1, -0.05) is 35.3 Å². The number of hydrogen-bond acceptors (Lipinski definition) is 4. The molecule has 7 heteroatoms. The largest absolute Gasteiger partial charge is 0.462 e. The lowest BCUT2D eigenvalue weighted by Gasteiger charge is -2.17. The van der Waals surface area contributed by atoms with Gasteiger partial charge in [-0.25, -0.2) is 4.79 Å². The molecule has 1 aromatic heterocycles. The molecule has 0 saturated carbocycles. The molecule has 29 heavy (non-hydrogen) atoms. The van der Waals surface area contributed by atoms with E-state index in [0.29, 0.717) is 15.7 Å². The van der Waals surface area contributed by atoms with Gasteiger partial charge in [-0.15, -0.1) is 0 Å². The molecule has 1 aliphatic heterocycles. The van der Waals surface area contributed by atoms with E-state index in [1.165, 1.54) is 10.5 Å². The highest BCUT2D eigenvalue weighted by Crippen LogP contribution is 2.32. The molecule has 0 bridgehead atoms. The third-order valence-corrected chi connectivity index (χ3v) is 5.34. The minimum atomic E-state index is -0.490. The summed E-state index contributed by atoms with van der Waals surface area (Å²) in [5.41, 5.74) is 4.53. The number of nitrogens with one attached hydrogen (secondary N) is 1. The van der Waals surface area contributed by atoms with Crippen LogP contribution in [0.5, 0.6) is 0 Å². The molecule has 2 heterocycles. The lowest BCUT2D eigenvalue weighted by atomic mass is 9.99. The average Bonchev–Trinajstić information content (AvgIpc) is 3.14. The van der Waals surface area contributed by atoms with Gasteiger partial charge in [0.05, 0.1) is 5.69 Å². The van der Waals surface area contributed by atoms with E-state index in [9.17, 15) is 4.79 Å². The maximum atomic E-state index is 12.6. The van der Waals surface area contributed by atoms with Crippen molar-refractivity contribution in [3.05, 3.63) is 69.9 Å². The lowest BCUT2D eigenvalue weighted by Crippen LogP contribution is -2.26. The number of nitrogens with zero attached hydrogens (tertiary/aromatic N) is 1. The molecule has 0 fully saturated rings. The Morgan fingerprint density at radius 1 is 1.21 bits per heavy atom. The summed E-state index contributed by atoms with van der Waals surface area (Å²) in [6, 6.07) is 11.1. The molecule has 0 atom stereocenters. The summed E-state index contributed by atoms with van der Waals surface area (Å²) in [7, 11) is 1.66. The van der Waals surface area contributed by atoms with E-state index in [1.54, 1.807) is 31.5 Å². The predicted molar refractivity (Wildman–Crippen MR) is 117 cm³/mol. The van der Waals surface area contributed by atoms with Gasteiger partial charge in [-0.3, -0.25) is 4.90 Å². The molecule has 0 saturated heterocycles. The molecule has 2 aromatic carbocycles. The fraction of sp³-hybridized carbons (Fsp3) is 0.227. The zero-order valence-corrected chi connectivity index (χ0v) is 17.4. The molecule has 150 valence electrons. The van der Waals surface area contributed by atoms with Crippen LogP contribution >= 0.6 is 23.2 Å². The molecular weight excluding hydrogens is 411 g/mol. The number of rotatable bonds is 4. The number of halogens is 2. The van der Waals surface area contributed by atoms with Crippen LogP contribution in [0.15, 0.2) is 53.2 Å². The van der Waals surface area contributed by atoms with Crippen molar-refractivity contribution in [2.24, 2.45) is 0 Å². The van der Waals surface area contributed by atoms with E-state index in [2.05, 4.69) is 17.5 Å². The number of furan rings is 1. The summed E-state index contributed by atoms with van der Waals surface area (Å²) in [5.74, 6) is 0. The van der Waals surface area contributed by atoms with Crippen molar-refractivity contribution in [3.63, 3.8) is 0 Å². The van der Waals surface area contributed by atoms with E-state index in [-0.39, 0.29) is 6.61 Å². The van der Waals surface area contributed by atoms with Gasteiger partial charge in [0.2, 0.25) is 0 Å². The number of fused-ring (bicyclic) bond motifs is 1. The van der Waals surface area contributed by atoms with Crippen molar-refractivity contribution in [1.82, 2.24) is 5.32 Å². The summed E-state index contributed by atoms with van der Waals surface area (Å²) in [6.07, 6.45) is 4.25. The maximum Gasteiger partial charge on any atom is 0.414 e. The first-order valence-corrected chi connectivity index (χ1v) is 10.0. The van der Waals surface area contributed by atoms with Crippen LogP contribution in [0.3, 0.4) is 0 Å². The zero-order valence-electron chi connectivity index (χ0n) is 15.9. The third kappa shape index (κ3) is 4.42. The van der Waals surface area contributed by atoms with Gasteiger partial charge in [0, 0.05) is 29.0 Å². The highest BCUT2D eigenvalue weighted by Gasteiger charge is 2.19. The Hall–Kier alpha value is -2.47. The molecule has 0 spiro atoms. The van der Waals surface area contributed by atoms with Crippen LogP contribution in [0.2, 0.25) is 10.0 Å². The summed E-state index contributed by atoms with van der Waals surface area (Å²) < 4.78 is 11.1. The van der Waals surface area contributed by atoms with E-state index >= 15 is 0 Å². The van der Waals surface area contributed by atoms with Gasteiger partial charge in [0.15, 0.2) is 0 Å². The van der Waals surface area contributed by atoms with Crippen LogP contribution in [0.25, 0.3) is 16.5 Å². The van der Waals surface area contributed by atoms with Gasteiger partial charge in [0.1, 0.15) is 18.5 Å². The van der Waals surface area contributed by atoms with Crippen molar-refractivity contribution in [2.75, 3.05) is 25.0 Å². The molecule has 0 unspecified atom stereocenters. The molecule has 5 nitrogen and oxygen atoms in total. The van der Waals surface area contributed by atoms with Crippen LogP contribution < -0.4 is 10.2 Å². The fourth-order valence-corrected chi connectivity index (χ4v) is 3.97. The number of carbonyl (C=O) groups excluding carboxylic acids is 1. The fourth-order valence-electron chi connectivity index (χ4n) is 3.39. The summed E-state index contributed by atoms with van der Waals surface area (Å²) >= 11 is 12.0. The van der Waals surface area contributed by atoms with Crippen molar-refractivity contribution in [3.8, 4) is 0 Å². The van der Waals surface area contributed by atoms with Crippen molar-refractivity contribution in [1.29, 1.82) is 0 Å². The summed E-state index contributed by atoms with van der Waals surface area (Å²) in [5, 5.41) is 5.18. The van der Waals surface area contributed by atoms with Crippen molar-refractivity contribution < 1.29 is 13.9 Å². The minimum absolute atomic E-state index is 0.0738. The second-order valence-electron chi connectivity index (χ2n) is 6.91. The summed E-state index contributed by atoms with van der Waals surface area (Å²) in [4.78, 5) is 14.0. The molecule has 0 radical (unpaired) electrons. The lowest BCUT2D eigenvalue weighted by molar-refractivity contribution is 0.148. The first-order valence-electron chi connectivity index (χ1n) is 9.28. The van der Waals surface area contributed by atoms with E-state index < -0.39 is 6.09 Å². The van der Waals surface area contributed by atoms with Crippen molar-refractivity contribution >= 4 is 51.5 Å². The Kier molecular flexibility index (Phi) is 5.81. The van der Waals surface area contributed by atoms with E-state index in [4.69, 9.17) is 32.4 Å². The third-order valence-electron chi connectivity index (χ3n) is 4.91. The minimum Gasteiger partial charge on any atom is -0.462 e. The predicted octanol–water partition coefficient (Wildman–Crippen LogP) is 5.89. The van der Waals surface area contributed by atoms with E-state index in [0.717, 1.165) is 41.6 Å². The van der Waals surface area contributed by atoms with E-state index in [1.807, 2.05) is 12.1 Å². The zero-order chi connectivity index (χ0) is 20.4. The number of carbonyl (C=O) groups is 1. The Morgan fingerprint density at radius 2 is 2.00 bits per heavy atom. The van der Waals surface area contributed by atoms with Gasteiger partial charge >= 0.3 is 6.09 Å². The Labute approximate surface area is 178 Å². The normalized spacial score (nSPS) is 14.0.